The van der Waals surface area contributed by atoms with Crippen molar-refractivity contribution in [2.45, 2.75) is 102 Å². The lowest BCUT2D eigenvalue weighted by molar-refractivity contribution is -0.342. The number of hydrogen-bond acceptors (Lipinski definition) is 14. The second-order valence-corrected chi connectivity index (χ2v) is 9.33. The van der Waals surface area contributed by atoms with E-state index in [4.69, 9.17) is 33.2 Å². The number of carboxylic acids is 1. The first kappa shape index (κ1) is 34.1. The number of esters is 3. The van der Waals surface area contributed by atoms with Gasteiger partial charge < -0.3 is 53.8 Å². The summed E-state index contributed by atoms with van der Waals surface area (Å²) in [5, 5.41) is 33.3. The molecule has 4 N–H and O–H groups in total. The van der Waals surface area contributed by atoms with Crippen LogP contribution in [0.4, 0.5) is 0 Å². The van der Waals surface area contributed by atoms with Gasteiger partial charge in [0.2, 0.25) is 5.91 Å². The zero-order valence-corrected chi connectivity index (χ0v) is 23.1. The monoisotopic (exact) mass is 591 g/mol. The average Bonchev–Trinajstić information content (AvgIpc) is 2.86. The summed E-state index contributed by atoms with van der Waals surface area (Å²) in [6.45, 7) is 7.20. The van der Waals surface area contributed by atoms with Crippen molar-refractivity contribution >= 4 is 29.8 Å². The molecule has 2 aliphatic heterocycles. The van der Waals surface area contributed by atoms with E-state index in [1.807, 2.05) is 0 Å². The summed E-state index contributed by atoms with van der Waals surface area (Å²) in [6.07, 6.45) is -12.0. The van der Waals surface area contributed by atoms with Crippen LogP contribution in [0.2, 0.25) is 0 Å². The van der Waals surface area contributed by atoms with E-state index in [1.54, 1.807) is 6.08 Å². The third kappa shape index (κ3) is 9.44. The quantitative estimate of drug-likeness (QED) is 0.0831. The highest BCUT2D eigenvalue weighted by Crippen LogP contribution is 2.33. The van der Waals surface area contributed by atoms with Crippen LogP contribution in [0.3, 0.4) is 0 Å². The maximum atomic E-state index is 12.1. The van der Waals surface area contributed by atoms with Crippen molar-refractivity contribution in [2.75, 3.05) is 13.2 Å². The van der Waals surface area contributed by atoms with Crippen LogP contribution in [0, 0.1) is 0 Å². The Labute approximate surface area is 235 Å². The third-order valence-corrected chi connectivity index (χ3v) is 5.99. The van der Waals surface area contributed by atoms with Gasteiger partial charge in [0.25, 0.3) is 0 Å². The Balaban J connectivity index is 2.54. The summed E-state index contributed by atoms with van der Waals surface area (Å²) < 4.78 is 38.5. The zero-order valence-electron chi connectivity index (χ0n) is 23.1. The second-order valence-electron chi connectivity index (χ2n) is 9.33. The molecule has 0 aliphatic carbocycles. The normalized spacial score (nSPS) is 33.2. The van der Waals surface area contributed by atoms with Crippen LogP contribution >= 0.6 is 0 Å². The highest BCUT2D eigenvalue weighted by atomic mass is 16.7. The van der Waals surface area contributed by atoms with Crippen molar-refractivity contribution in [1.82, 2.24) is 5.32 Å². The predicted octanol–water partition coefficient (Wildman–Crippen LogP) is -1.46. The Morgan fingerprint density at radius 1 is 0.878 bits per heavy atom. The van der Waals surface area contributed by atoms with Gasteiger partial charge in [0.15, 0.2) is 37.0 Å². The molecule has 0 unspecified atom stereocenters. The lowest BCUT2D eigenvalue weighted by Crippen LogP contribution is -2.69. The number of rotatable bonds is 13. The minimum Gasteiger partial charge on any atom is -0.479 e. The van der Waals surface area contributed by atoms with Gasteiger partial charge in [-0.3, -0.25) is 19.2 Å². The average molecular weight is 592 g/mol. The van der Waals surface area contributed by atoms with Crippen molar-refractivity contribution in [2.24, 2.45) is 0 Å². The number of carboxylic acid groups (broad SMARTS) is 1. The SMILES string of the molecule is C=CCCCO[C@@H]1O[C@H](CO)[C@@H](O)[C@H](O[C@@H]2O[C@H](C(=O)O)[C@@H](OC(C)=O)[C@H](OC(C)=O)[C@H]2OC(C)=O)[C@H]1NC(C)=O. The van der Waals surface area contributed by atoms with Gasteiger partial charge in [0, 0.05) is 27.7 Å². The molecule has 2 fully saturated rings. The lowest BCUT2D eigenvalue weighted by Gasteiger charge is -2.48. The van der Waals surface area contributed by atoms with E-state index in [2.05, 4.69) is 11.9 Å². The molecule has 232 valence electrons. The number of carbonyl (C=O) groups excluding carboxylic acids is 4. The van der Waals surface area contributed by atoms with Crippen molar-refractivity contribution in [3.8, 4) is 0 Å². The molecule has 1 amide bonds. The molecule has 2 saturated heterocycles. The van der Waals surface area contributed by atoms with E-state index in [1.165, 1.54) is 6.92 Å². The maximum absolute atomic E-state index is 12.1. The van der Waals surface area contributed by atoms with Gasteiger partial charge in [-0.2, -0.15) is 0 Å². The van der Waals surface area contributed by atoms with Crippen LogP contribution in [-0.2, 0) is 57.1 Å². The van der Waals surface area contributed by atoms with Crippen molar-refractivity contribution in [1.29, 1.82) is 0 Å². The molecule has 0 aromatic rings. The highest BCUT2D eigenvalue weighted by molar-refractivity contribution is 5.75. The summed E-state index contributed by atoms with van der Waals surface area (Å²) in [5.41, 5.74) is 0. The summed E-state index contributed by atoms with van der Waals surface area (Å²) in [7, 11) is 0. The minimum atomic E-state index is -1.99. The number of unbranched alkanes of at least 4 members (excludes halogenated alkanes) is 1. The predicted molar refractivity (Wildman–Crippen MR) is 133 cm³/mol. The molecule has 0 aromatic carbocycles. The van der Waals surface area contributed by atoms with Gasteiger partial charge in [0.05, 0.1) is 13.2 Å². The fraction of sp³-hybridized carbons (Fsp3) is 0.720. The first-order chi connectivity index (χ1) is 19.3. The number of allylic oxidation sites excluding steroid dienone is 1. The molecule has 16 nitrogen and oxygen atoms in total. The molecule has 2 rings (SSSR count). The smallest absolute Gasteiger partial charge is 0.337 e. The number of amides is 1. The number of ether oxygens (including phenoxy) is 7. The Morgan fingerprint density at radius 2 is 1.46 bits per heavy atom. The first-order valence-electron chi connectivity index (χ1n) is 12.8. The molecule has 0 saturated carbocycles. The van der Waals surface area contributed by atoms with E-state index in [0.717, 1.165) is 20.8 Å². The van der Waals surface area contributed by atoms with Gasteiger partial charge >= 0.3 is 23.9 Å². The summed E-state index contributed by atoms with van der Waals surface area (Å²) >= 11 is 0. The number of aliphatic hydroxyl groups excluding tert-OH is 2. The number of carbonyl (C=O) groups is 5. The minimum absolute atomic E-state index is 0.128. The van der Waals surface area contributed by atoms with Gasteiger partial charge in [-0.15, -0.1) is 6.58 Å². The number of hydrogen-bond donors (Lipinski definition) is 4. The van der Waals surface area contributed by atoms with Gasteiger partial charge in [-0.25, -0.2) is 4.79 Å². The zero-order chi connectivity index (χ0) is 30.9. The lowest BCUT2D eigenvalue weighted by atomic mass is 9.95. The fourth-order valence-electron chi connectivity index (χ4n) is 4.42. The maximum Gasteiger partial charge on any atom is 0.337 e. The van der Waals surface area contributed by atoms with Crippen LogP contribution < -0.4 is 5.32 Å². The van der Waals surface area contributed by atoms with E-state index in [9.17, 15) is 39.3 Å². The molecule has 0 aromatic heterocycles. The van der Waals surface area contributed by atoms with E-state index < -0.39 is 97.7 Å². The first-order valence-corrected chi connectivity index (χ1v) is 12.8. The number of nitrogens with one attached hydrogen (secondary N) is 1. The topological polar surface area (TPSA) is 223 Å². The molecule has 16 heteroatoms. The van der Waals surface area contributed by atoms with E-state index in [0.29, 0.717) is 12.8 Å². The standard InChI is InChI=1S/C25H37NO15/c1-6-7-8-9-35-24-16(26-11(2)28)18(17(32)15(10-27)39-24)40-25-22(38-14(5)31)20(37-13(4)30)19(36-12(3)29)21(41-25)23(33)34/h6,15-22,24-25,27,32H,1,7-10H2,2-5H3,(H,26,28)(H,33,34)/t15-,16-,17-,18-,19+,20+,21+,22-,24-,25-/m1/s1. The van der Waals surface area contributed by atoms with Crippen molar-refractivity contribution < 1.29 is 72.5 Å². The third-order valence-electron chi connectivity index (χ3n) is 5.99. The van der Waals surface area contributed by atoms with E-state index >= 15 is 0 Å². The van der Waals surface area contributed by atoms with Gasteiger partial charge in [-0.1, -0.05) is 6.08 Å². The largest absolute Gasteiger partial charge is 0.479 e. The Bertz CT molecular complexity index is 957. The van der Waals surface area contributed by atoms with Gasteiger partial charge in [-0.05, 0) is 12.8 Å². The van der Waals surface area contributed by atoms with E-state index in [-0.39, 0.29) is 6.61 Å². The Morgan fingerprint density at radius 3 is 1.98 bits per heavy atom. The molecule has 2 aliphatic rings. The summed E-state index contributed by atoms with van der Waals surface area (Å²) in [6, 6.07) is -1.25. The Kier molecular flexibility index (Phi) is 13.1. The van der Waals surface area contributed by atoms with Crippen LogP contribution in [-0.4, -0.2) is 120 Å². The number of aliphatic carboxylic acids is 1. The van der Waals surface area contributed by atoms with Crippen LogP contribution in [0.5, 0.6) is 0 Å². The molecular weight excluding hydrogens is 554 g/mol. The second kappa shape index (κ2) is 15.7. The molecule has 41 heavy (non-hydrogen) atoms. The van der Waals surface area contributed by atoms with Crippen LogP contribution in [0.1, 0.15) is 40.5 Å². The Hall–Kier alpha value is -3.15. The molecule has 0 bridgehead atoms. The van der Waals surface area contributed by atoms with Crippen LogP contribution in [0.15, 0.2) is 12.7 Å². The van der Waals surface area contributed by atoms with Crippen molar-refractivity contribution in [3.63, 3.8) is 0 Å². The highest BCUT2D eigenvalue weighted by Gasteiger charge is 2.57. The molecule has 10 atom stereocenters. The van der Waals surface area contributed by atoms with Crippen molar-refractivity contribution in [3.05, 3.63) is 12.7 Å². The molecule has 0 spiro atoms. The molecule has 0 radical (unpaired) electrons. The van der Waals surface area contributed by atoms with Crippen LogP contribution in [0.25, 0.3) is 0 Å². The summed E-state index contributed by atoms with van der Waals surface area (Å²) in [5.74, 6) is -5.05. The molecule has 2 heterocycles. The van der Waals surface area contributed by atoms with Gasteiger partial charge in [0.1, 0.15) is 24.4 Å². The molecular formula is C25H37NO15. The fourth-order valence-corrected chi connectivity index (χ4v) is 4.42. The summed E-state index contributed by atoms with van der Waals surface area (Å²) in [4.78, 5) is 60.0. The number of aliphatic hydroxyl groups is 2.